The van der Waals surface area contributed by atoms with Gasteiger partial charge in [0.1, 0.15) is 0 Å². The number of benzene rings is 1. The van der Waals surface area contributed by atoms with Crippen LogP contribution in [0, 0.1) is 5.92 Å². The zero-order valence-corrected chi connectivity index (χ0v) is 11.8. The highest BCUT2D eigenvalue weighted by atomic mass is 16.5. The molecular weight excluding hydrogens is 240 g/mol. The fourth-order valence-electron chi connectivity index (χ4n) is 2.06. The molecule has 0 unspecified atom stereocenters. The van der Waals surface area contributed by atoms with E-state index in [1.54, 1.807) is 10.4 Å². The molecule has 0 aliphatic heterocycles. The number of nitrogens with zero attached hydrogens (tertiary/aromatic N) is 1. The first kappa shape index (κ1) is 15.5. The van der Waals surface area contributed by atoms with E-state index in [4.69, 9.17) is 5.21 Å². The van der Waals surface area contributed by atoms with Crippen molar-refractivity contribution in [1.29, 1.82) is 0 Å². The Morgan fingerprint density at radius 2 is 1.95 bits per heavy atom. The molecular formula is C15H24N2O2. The van der Waals surface area contributed by atoms with Crippen LogP contribution in [0.2, 0.25) is 0 Å². The van der Waals surface area contributed by atoms with Crippen molar-refractivity contribution in [3.05, 3.63) is 35.9 Å². The van der Waals surface area contributed by atoms with Crippen LogP contribution in [0.25, 0.3) is 0 Å². The fraction of sp³-hybridized carbons (Fsp3) is 0.533. The molecule has 0 saturated heterocycles. The summed E-state index contributed by atoms with van der Waals surface area (Å²) >= 11 is 0. The molecule has 4 nitrogen and oxygen atoms in total. The number of nitrogens with one attached hydrogen (secondary N) is 1. The van der Waals surface area contributed by atoms with Crippen LogP contribution in [0.15, 0.2) is 30.3 Å². The Hall–Kier alpha value is -1.55. The Morgan fingerprint density at radius 1 is 1.26 bits per heavy atom. The zero-order valence-electron chi connectivity index (χ0n) is 11.8. The molecule has 0 spiro atoms. The van der Waals surface area contributed by atoms with Gasteiger partial charge in [0.2, 0.25) is 0 Å². The van der Waals surface area contributed by atoms with Crippen molar-refractivity contribution in [3.8, 4) is 0 Å². The van der Waals surface area contributed by atoms with Crippen LogP contribution in [0.5, 0.6) is 0 Å². The van der Waals surface area contributed by atoms with Crippen LogP contribution in [0.1, 0.15) is 32.3 Å². The minimum Gasteiger partial charge on any atom is -0.323 e. The molecule has 0 bridgehead atoms. The van der Waals surface area contributed by atoms with Gasteiger partial charge in [0.05, 0.1) is 0 Å². The third kappa shape index (κ3) is 6.25. The molecule has 0 heterocycles. The lowest BCUT2D eigenvalue weighted by Crippen LogP contribution is -2.41. The van der Waals surface area contributed by atoms with E-state index in [0.717, 1.165) is 19.3 Å². The van der Waals surface area contributed by atoms with E-state index in [2.05, 4.69) is 26.0 Å². The van der Waals surface area contributed by atoms with Gasteiger partial charge < -0.3 is 4.90 Å². The van der Waals surface area contributed by atoms with Gasteiger partial charge in [-0.1, -0.05) is 44.2 Å². The summed E-state index contributed by atoms with van der Waals surface area (Å²) in [5, 5.41) is 8.71. The molecule has 106 valence electrons. The maximum absolute atomic E-state index is 11.5. The quantitative estimate of drug-likeness (QED) is 0.452. The summed E-state index contributed by atoms with van der Waals surface area (Å²) < 4.78 is 0. The molecule has 0 aliphatic carbocycles. The average Bonchev–Trinajstić information content (AvgIpc) is 2.42. The lowest BCUT2D eigenvalue weighted by molar-refractivity contribution is 0.124. The standard InChI is InChI=1S/C15H24N2O2/c1-13(2)12-17(15(18)16-19)11-7-6-10-14-8-4-3-5-9-14/h3-5,8-9,13,19H,6-7,10-12H2,1-2H3,(H,16,18). The van der Waals surface area contributed by atoms with Gasteiger partial charge in [-0.05, 0) is 30.7 Å². The van der Waals surface area contributed by atoms with E-state index in [9.17, 15) is 4.79 Å². The van der Waals surface area contributed by atoms with Crippen LogP contribution in [0.4, 0.5) is 4.79 Å². The summed E-state index contributed by atoms with van der Waals surface area (Å²) in [5.74, 6) is 0.395. The number of hydrogen-bond donors (Lipinski definition) is 2. The maximum atomic E-state index is 11.5. The van der Waals surface area contributed by atoms with Gasteiger partial charge in [-0.2, -0.15) is 0 Å². The van der Waals surface area contributed by atoms with Crippen molar-refractivity contribution < 1.29 is 10.0 Å². The molecule has 2 amide bonds. The average molecular weight is 264 g/mol. The van der Waals surface area contributed by atoms with E-state index < -0.39 is 6.03 Å². The number of unbranched alkanes of at least 4 members (excludes halogenated alkanes) is 1. The van der Waals surface area contributed by atoms with Crippen LogP contribution in [-0.2, 0) is 6.42 Å². The van der Waals surface area contributed by atoms with Crippen LogP contribution < -0.4 is 5.48 Å². The number of rotatable bonds is 7. The largest absolute Gasteiger partial charge is 0.341 e. The van der Waals surface area contributed by atoms with Crippen LogP contribution in [0.3, 0.4) is 0 Å². The highest BCUT2D eigenvalue weighted by Crippen LogP contribution is 2.07. The summed E-state index contributed by atoms with van der Waals surface area (Å²) in [5.41, 5.74) is 3.04. The summed E-state index contributed by atoms with van der Waals surface area (Å²) in [6.45, 7) is 5.46. The van der Waals surface area contributed by atoms with E-state index >= 15 is 0 Å². The monoisotopic (exact) mass is 264 g/mol. The Morgan fingerprint density at radius 3 is 2.53 bits per heavy atom. The van der Waals surface area contributed by atoms with Crippen molar-refractivity contribution in [2.75, 3.05) is 13.1 Å². The molecule has 1 rings (SSSR count). The summed E-state index contributed by atoms with van der Waals surface area (Å²) in [4.78, 5) is 13.1. The number of carbonyl (C=O) groups is 1. The van der Waals surface area contributed by atoms with Crippen LogP contribution >= 0.6 is 0 Å². The Kier molecular flexibility index (Phi) is 6.97. The van der Waals surface area contributed by atoms with Gasteiger partial charge in [-0.25, -0.2) is 10.3 Å². The second-order valence-corrected chi connectivity index (χ2v) is 5.20. The predicted octanol–water partition coefficient (Wildman–Crippen LogP) is 3.07. The molecule has 0 aromatic heterocycles. The topological polar surface area (TPSA) is 52.6 Å². The lowest BCUT2D eigenvalue weighted by atomic mass is 10.1. The Balaban J connectivity index is 2.30. The van der Waals surface area contributed by atoms with Crippen LogP contribution in [-0.4, -0.2) is 29.2 Å². The van der Waals surface area contributed by atoms with E-state index in [1.807, 2.05) is 18.2 Å². The number of urea groups is 1. The van der Waals surface area contributed by atoms with Gasteiger partial charge >= 0.3 is 6.03 Å². The molecule has 2 N–H and O–H groups in total. The summed E-state index contributed by atoms with van der Waals surface area (Å²) in [7, 11) is 0. The Bertz CT molecular complexity index is 366. The minimum absolute atomic E-state index is 0.395. The third-order valence-corrected chi connectivity index (χ3v) is 2.95. The maximum Gasteiger partial charge on any atom is 0.341 e. The zero-order chi connectivity index (χ0) is 14.1. The molecule has 0 aliphatic rings. The second kappa shape index (κ2) is 8.53. The highest BCUT2D eigenvalue weighted by molar-refractivity contribution is 5.72. The van der Waals surface area contributed by atoms with Crippen molar-refractivity contribution in [3.63, 3.8) is 0 Å². The molecule has 19 heavy (non-hydrogen) atoms. The van der Waals surface area contributed by atoms with Crippen molar-refractivity contribution in [2.24, 2.45) is 5.92 Å². The van der Waals surface area contributed by atoms with Gasteiger partial charge in [-0.15, -0.1) is 0 Å². The van der Waals surface area contributed by atoms with E-state index in [0.29, 0.717) is 19.0 Å². The van der Waals surface area contributed by atoms with Gasteiger partial charge in [-0.3, -0.25) is 5.21 Å². The lowest BCUT2D eigenvalue weighted by Gasteiger charge is -2.23. The number of carbonyl (C=O) groups excluding carboxylic acids is 1. The first-order chi connectivity index (χ1) is 9.13. The highest BCUT2D eigenvalue weighted by Gasteiger charge is 2.13. The fourth-order valence-corrected chi connectivity index (χ4v) is 2.06. The van der Waals surface area contributed by atoms with Crippen molar-refractivity contribution >= 4 is 6.03 Å². The summed E-state index contributed by atoms with van der Waals surface area (Å²) in [6, 6.07) is 9.92. The first-order valence-corrected chi connectivity index (χ1v) is 6.86. The number of amides is 2. The van der Waals surface area contributed by atoms with Gasteiger partial charge in [0, 0.05) is 13.1 Å². The molecule has 0 saturated carbocycles. The second-order valence-electron chi connectivity index (χ2n) is 5.20. The van der Waals surface area contributed by atoms with Gasteiger partial charge in [0.15, 0.2) is 0 Å². The number of hydroxylamine groups is 1. The predicted molar refractivity (Wildman–Crippen MR) is 76.1 cm³/mol. The smallest absolute Gasteiger partial charge is 0.323 e. The Labute approximate surface area is 115 Å². The molecule has 0 radical (unpaired) electrons. The molecule has 4 heteroatoms. The molecule has 0 atom stereocenters. The molecule has 1 aromatic rings. The minimum atomic E-state index is -0.409. The van der Waals surface area contributed by atoms with Crippen molar-refractivity contribution in [1.82, 2.24) is 10.4 Å². The SMILES string of the molecule is CC(C)CN(CCCCc1ccccc1)C(=O)NO. The summed E-state index contributed by atoms with van der Waals surface area (Å²) in [6.07, 6.45) is 3.00. The third-order valence-electron chi connectivity index (χ3n) is 2.95. The number of hydrogen-bond acceptors (Lipinski definition) is 2. The first-order valence-electron chi connectivity index (χ1n) is 6.86. The van der Waals surface area contributed by atoms with E-state index in [1.165, 1.54) is 5.56 Å². The molecule has 0 fully saturated rings. The van der Waals surface area contributed by atoms with Crippen molar-refractivity contribution in [2.45, 2.75) is 33.1 Å². The van der Waals surface area contributed by atoms with E-state index in [-0.39, 0.29) is 0 Å². The number of aryl methyl sites for hydroxylation is 1. The molecule has 1 aromatic carbocycles. The normalized spacial score (nSPS) is 10.5. The van der Waals surface area contributed by atoms with Gasteiger partial charge in [0.25, 0.3) is 0 Å².